The number of thiophene rings is 1. The standard InChI is InChI=1S/C18H10NS/c1-3-7-14-13(6-1)17-15(19-14)10-9-12-11-5-2-4-8-16(11)20-18(12)17/h1-10H. The molecule has 1 aliphatic heterocycles. The topological polar surface area (TPSA) is 14.1 Å². The summed E-state index contributed by atoms with van der Waals surface area (Å²) in [6, 6.07) is 21.4. The zero-order chi connectivity index (χ0) is 13.1. The molecule has 0 N–H and O–H groups in total. The van der Waals surface area contributed by atoms with Crippen LogP contribution in [0.2, 0.25) is 0 Å². The van der Waals surface area contributed by atoms with Crippen LogP contribution in [0.4, 0.5) is 11.4 Å². The van der Waals surface area contributed by atoms with Gasteiger partial charge in [-0.3, -0.25) is 0 Å². The molecule has 2 heteroatoms. The van der Waals surface area contributed by atoms with Gasteiger partial charge in [0, 0.05) is 31.3 Å². The van der Waals surface area contributed by atoms with Crippen LogP contribution in [0.3, 0.4) is 0 Å². The van der Waals surface area contributed by atoms with Crippen LogP contribution >= 0.6 is 11.3 Å². The van der Waals surface area contributed by atoms with Crippen LogP contribution in [0.25, 0.3) is 31.3 Å². The molecule has 0 unspecified atom stereocenters. The first-order chi connectivity index (χ1) is 9.92. The van der Waals surface area contributed by atoms with E-state index in [1.54, 1.807) is 0 Å². The van der Waals surface area contributed by atoms with E-state index in [9.17, 15) is 0 Å². The summed E-state index contributed by atoms with van der Waals surface area (Å²) in [5, 5.41) is 7.43. The summed E-state index contributed by atoms with van der Waals surface area (Å²) in [6.07, 6.45) is 0. The average molecular weight is 272 g/mol. The van der Waals surface area contributed by atoms with Gasteiger partial charge in [0.15, 0.2) is 0 Å². The lowest BCUT2D eigenvalue weighted by molar-refractivity contribution is 1.24. The third-order valence-corrected chi connectivity index (χ3v) is 5.14. The van der Waals surface area contributed by atoms with Crippen LogP contribution in [0.15, 0.2) is 60.7 Å². The number of fused-ring (bicyclic) bond motifs is 7. The van der Waals surface area contributed by atoms with Crippen molar-refractivity contribution < 1.29 is 0 Å². The molecule has 0 fully saturated rings. The molecule has 1 nitrogen and oxygen atoms in total. The van der Waals surface area contributed by atoms with Crippen LogP contribution in [-0.4, -0.2) is 0 Å². The molecule has 4 aromatic rings. The van der Waals surface area contributed by atoms with Gasteiger partial charge in [-0.25, -0.2) is 5.32 Å². The molecule has 0 aliphatic carbocycles. The van der Waals surface area contributed by atoms with Crippen molar-refractivity contribution in [1.82, 2.24) is 5.32 Å². The number of benzene rings is 3. The van der Waals surface area contributed by atoms with E-state index in [0.717, 1.165) is 11.4 Å². The molecule has 93 valence electrons. The molecular weight excluding hydrogens is 262 g/mol. The lowest BCUT2D eigenvalue weighted by atomic mass is 10.0. The Bertz CT molecular complexity index is 981. The smallest absolute Gasteiger partial charge is 0.0731 e. The minimum absolute atomic E-state index is 1.09. The Morgan fingerprint density at radius 1 is 0.700 bits per heavy atom. The van der Waals surface area contributed by atoms with Crippen LogP contribution in [0, 0.1) is 0 Å². The molecular formula is C18H10NS. The second-order valence-corrected chi connectivity index (χ2v) is 6.12. The second-order valence-electron chi connectivity index (χ2n) is 5.06. The molecule has 2 heterocycles. The van der Waals surface area contributed by atoms with Crippen molar-refractivity contribution >= 4 is 42.9 Å². The van der Waals surface area contributed by atoms with Gasteiger partial charge in [-0.1, -0.05) is 42.5 Å². The Kier molecular flexibility index (Phi) is 1.89. The minimum Gasteiger partial charge on any atom is -0.248 e. The number of hydrogen-bond donors (Lipinski definition) is 0. The summed E-state index contributed by atoms with van der Waals surface area (Å²) in [4.78, 5) is 0. The summed E-state index contributed by atoms with van der Waals surface area (Å²) in [7, 11) is 0. The average Bonchev–Trinajstić information content (AvgIpc) is 3.04. The highest BCUT2D eigenvalue weighted by atomic mass is 32.1. The Morgan fingerprint density at radius 2 is 1.55 bits per heavy atom. The molecule has 1 radical (unpaired) electrons. The van der Waals surface area contributed by atoms with E-state index in [-0.39, 0.29) is 0 Å². The quantitative estimate of drug-likeness (QED) is 0.348. The first-order valence-corrected chi connectivity index (χ1v) is 7.49. The summed E-state index contributed by atoms with van der Waals surface area (Å²) < 4.78 is 2.71. The van der Waals surface area contributed by atoms with Crippen molar-refractivity contribution in [2.24, 2.45) is 0 Å². The highest BCUT2D eigenvalue weighted by molar-refractivity contribution is 7.26. The molecule has 0 spiro atoms. The molecule has 1 aromatic heterocycles. The first kappa shape index (κ1) is 10.5. The summed E-state index contributed by atoms with van der Waals surface area (Å²) >= 11 is 1.87. The fourth-order valence-electron chi connectivity index (χ4n) is 3.04. The van der Waals surface area contributed by atoms with E-state index >= 15 is 0 Å². The third kappa shape index (κ3) is 1.22. The van der Waals surface area contributed by atoms with Crippen molar-refractivity contribution in [2.75, 3.05) is 0 Å². The number of nitrogens with zero attached hydrogens (tertiary/aromatic N) is 1. The van der Waals surface area contributed by atoms with Crippen LogP contribution < -0.4 is 5.32 Å². The lowest BCUT2D eigenvalue weighted by Gasteiger charge is -2.00. The minimum atomic E-state index is 1.09. The maximum Gasteiger partial charge on any atom is 0.0731 e. The zero-order valence-corrected chi connectivity index (χ0v) is 11.4. The van der Waals surface area contributed by atoms with Gasteiger partial charge in [-0.05, 0) is 18.2 Å². The highest BCUT2D eigenvalue weighted by Crippen LogP contribution is 2.50. The highest BCUT2D eigenvalue weighted by Gasteiger charge is 2.23. The predicted molar refractivity (Wildman–Crippen MR) is 86.2 cm³/mol. The van der Waals surface area contributed by atoms with Gasteiger partial charge < -0.3 is 0 Å². The largest absolute Gasteiger partial charge is 0.248 e. The number of para-hydroxylation sites is 1. The van der Waals surface area contributed by atoms with Crippen molar-refractivity contribution in [2.45, 2.75) is 0 Å². The van der Waals surface area contributed by atoms with Gasteiger partial charge in [0.25, 0.3) is 0 Å². The molecule has 0 saturated heterocycles. The summed E-state index contributed by atoms with van der Waals surface area (Å²) in [5.41, 5.74) is 4.76. The lowest BCUT2D eigenvalue weighted by Crippen LogP contribution is -1.80. The second kappa shape index (κ2) is 3.62. The van der Waals surface area contributed by atoms with Crippen LogP contribution in [0.5, 0.6) is 0 Å². The van der Waals surface area contributed by atoms with Crippen molar-refractivity contribution in [3.05, 3.63) is 60.7 Å². The van der Waals surface area contributed by atoms with Gasteiger partial charge in [-0.2, -0.15) is 0 Å². The van der Waals surface area contributed by atoms with Crippen LogP contribution in [-0.2, 0) is 0 Å². The first-order valence-electron chi connectivity index (χ1n) is 6.67. The van der Waals surface area contributed by atoms with Gasteiger partial charge in [-0.15, -0.1) is 11.3 Å². The van der Waals surface area contributed by atoms with E-state index in [4.69, 9.17) is 5.32 Å². The fourth-order valence-corrected chi connectivity index (χ4v) is 4.30. The monoisotopic (exact) mass is 272 g/mol. The predicted octanol–water partition coefficient (Wildman–Crippen LogP) is 5.60. The van der Waals surface area contributed by atoms with Gasteiger partial charge >= 0.3 is 0 Å². The third-order valence-electron chi connectivity index (χ3n) is 3.94. The van der Waals surface area contributed by atoms with Crippen LogP contribution in [0.1, 0.15) is 0 Å². The molecule has 0 saturated carbocycles. The molecule has 0 amide bonds. The summed E-state index contributed by atoms with van der Waals surface area (Å²) in [5.74, 6) is 0. The SMILES string of the molecule is c1ccc2c(c1)[N]c1ccc3c(sc4ccccc43)c1-2. The Morgan fingerprint density at radius 3 is 2.55 bits per heavy atom. The van der Waals surface area contributed by atoms with Crippen molar-refractivity contribution in [3.8, 4) is 11.1 Å². The van der Waals surface area contributed by atoms with Gasteiger partial charge in [0.1, 0.15) is 0 Å². The van der Waals surface area contributed by atoms with Gasteiger partial charge in [0.2, 0.25) is 0 Å². The van der Waals surface area contributed by atoms with Crippen molar-refractivity contribution in [1.29, 1.82) is 0 Å². The normalized spacial score (nSPS) is 12.4. The molecule has 0 bridgehead atoms. The Hall–Kier alpha value is -2.32. The molecule has 1 aliphatic rings. The van der Waals surface area contributed by atoms with E-state index in [1.807, 2.05) is 11.3 Å². The Balaban J connectivity index is 1.99. The molecule has 0 atom stereocenters. The van der Waals surface area contributed by atoms with E-state index in [1.165, 1.54) is 31.3 Å². The fraction of sp³-hybridized carbons (Fsp3) is 0. The van der Waals surface area contributed by atoms with E-state index < -0.39 is 0 Å². The van der Waals surface area contributed by atoms with Crippen molar-refractivity contribution in [3.63, 3.8) is 0 Å². The molecule has 20 heavy (non-hydrogen) atoms. The zero-order valence-electron chi connectivity index (χ0n) is 10.6. The maximum atomic E-state index is 4.74. The van der Waals surface area contributed by atoms with E-state index in [0.29, 0.717) is 0 Å². The molecule has 5 rings (SSSR count). The number of rotatable bonds is 0. The molecule has 3 aromatic carbocycles. The maximum absolute atomic E-state index is 4.74. The summed E-state index contributed by atoms with van der Waals surface area (Å²) in [6.45, 7) is 0. The number of hydrogen-bond acceptors (Lipinski definition) is 1. The van der Waals surface area contributed by atoms with E-state index in [2.05, 4.69) is 60.7 Å². The Labute approximate surface area is 120 Å². The van der Waals surface area contributed by atoms with Gasteiger partial charge in [0.05, 0.1) is 11.4 Å².